The molecule has 0 aromatic heterocycles. The number of aliphatic hydroxyl groups excluding tert-OH is 1. The maximum atomic E-state index is 12.8. The van der Waals surface area contributed by atoms with Crippen molar-refractivity contribution in [2.75, 3.05) is 6.61 Å². The molecule has 2 rings (SSSR count). The summed E-state index contributed by atoms with van der Waals surface area (Å²) < 4.78 is 18.3. The Hall–Kier alpha value is -1.87. The molecule has 0 spiro atoms. The molecule has 0 aliphatic heterocycles. The van der Waals surface area contributed by atoms with Gasteiger partial charge in [-0.25, -0.2) is 4.39 Å². The van der Waals surface area contributed by atoms with Crippen LogP contribution in [0.4, 0.5) is 4.39 Å². The van der Waals surface area contributed by atoms with E-state index in [1.807, 2.05) is 32.9 Å². The summed E-state index contributed by atoms with van der Waals surface area (Å²) in [5.41, 5.74) is 4.18. The number of aryl methyl sites for hydroxylation is 3. The van der Waals surface area contributed by atoms with Crippen LogP contribution in [0.1, 0.15) is 28.4 Å². The Morgan fingerprint density at radius 3 is 2.15 bits per heavy atom. The van der Waals surface area contributed by atoms with Crippen LogP contribution in [-0.2, 0) is 0 Å². The van der Waals surface area contributed by atoms with Gasteiger partial charge in [0.2, 0.25) is 0 Å². The summed E-state index contributed by atoms with van der Waals surface area (Å²) in [6, 6.07) is 9.87. The normalized spacial score (nSPS) is 12.2. The molecular formula is C17H19FO2. The third-order valence-corrected chi connectivity index (χ3v) is 3.29. The first-order chi connectivity index (χ1) is 9.47. The summed E-state index contributed by atoms with van der Waals surface area (Å²) in [6.45, 7) is 6.15. The standard InChI is InChI=1S/C17H19FO2/c1-11-8-12(2)17(13(3)9-11)16(19)10-20-15-6-4-14(18)5-7-15/h4-9,16,19H,10H2,1-3H3. The smallest absolute Gasteiger partial charge is 0.123 e. The lowest BCUT2D eigenvalue weighted by Crippen LogP contribution is -2.12. The summed E-state index contributed by atoms with van der Waals surface area (Å²) in [4.78, 5) is 0. The molecule has 0 aliphatic rings. The lowest BCUT2D eigenvalue weighted by Gasteiger charge is -2.18. The quantitative estimate of drug-likeness (QED) is 0.917. The zero-order valence-electron chi connectivity index (χ0n) is 12.0. The second-order valence-electron chi connectivity index (χ2n) is 5.09. The molecule has 0 radical (unpaired) electrons. The van der Waals surface area contributed by atoms with E-state index in [2.05, 4.69) is 0 Å². The number of hydrogen-bond acceptors (Lipinski definition) is 2. The average Bonchev–Trinajstić information content (AvgIpc) is 2.37. The van der Waals surface area contributed by atoms with Gasteiger partial charge in [0.1, 0.15) is 24.3 Å². The van der Waals surface area contributed by atoms with Gasteiger partial charge in [-0.1, -0.05) is 17.7 Å². The minimum Gasteiger partial charge on any atom is -0.491 e. The summed E-state index contributed by atoms with van der Waals surface area (Å²) in [5, 5.41) is 10.3. The van der Waals surface area contributed by atoms with Crippen molar-refractivity contribution in [3.8, 4) is 5.75 Å². The van der Waals surface area contributed by atoms with Crippen LogP contribution in [0, 0.1) is 26.6 Å². The Morgan fingerprint density at radius 1 is 1.05 bits per heavy atom. The summed E-state index contributed by atoms with van der Waals surface area (Å²) in [7, 11) is 0. The minimum absolute atomic E-state index is 0.149. The van der Waals surface area contributed by atoms with Gasteiger partial charge in [-0.05, 0) is 61.7 Å². The molecule has 1 atom stereocenters. The van der Waals surface area contributed by atoms with Crippen LogP contribution in [0.25, 0.3) is 0 Å². The van der Waals surface area contributed by atoms with E-state index in [0.29, 0.717) is 5.75 Å². The molecule has 1 unspecified atom stereocenters. The lowest BCUT2D eigenvalue weighted by molar-refractivity contribution is 0.107. The topological polar surface area (TPSA) is 29.5 Å². The van der Waals surface area contributed by atoms with Crippen molar-refractivity contribution in [3.05, 3.63) is 64.5 Å². The van der Waals surface area contributed by atoms with Crippen molar-refractivity contribution in [1.29, 1.82) is 0 Å². The van der Waals surface area contributed by atoms with Gasteiger partial charge in [-0.2, -0.15) is 0 Å². The Bertz CT molecular complexity index is 567. The first-order valence-electron chi connectivity index (χ1n) is 6.61. The Morgan fingerprint density at radius 2 is 1.60 bits per heavy atom. The summed E-state index contributed by atoms with van der Waals surface area (Å²) >= 11 is 0. The van der Waals surface area contributed by atoms with Crippen molar-refractivity contribution in [1.82, 2.24) is 0 Å². The number of aliphatic hydroxyl groups is 1. The molecule has 0 saturated heterocycles. The van der Waals surface area contributed by atoms with Gasteiger partial charge in [-0.15, -0.1) is 0 Å². The van der Waals surface area contributed by atoms with Crippen molar-refractivity contribution >= 4 is 0 Å². The van der Waals surface area contributed by atoms with Gasteiger partial charge in [0.25, 0.3) is 0 Å². The molecule has 0 aliphatic carbocycles. The molecule has 2 nitrogen and oxygen atoms in total. The molecule has 3 heteroatoms. The minimum atomic E-state index is -0.694. The van der Waals surface area contributed by atoms with Crippen molar-refractivity contribution in [2.24, 2.45) is 0 Å². The van der Waals surface area contributed by atoms with E-state index in [0.717, 1.165) is 16.7 Å². The Balaban J connectivity index is 2.09. The van der Waals surface area contributed by atoms with E-state index in [1.165, 1.54) is 17.7 Å². The molecule has 0 fully saturated rings. The molecule has 106 valence electrons. The third-order valence-electron chi connectivity index (χ3n) is 3.29. The first-order valence-corrected chi connectivity index (χ1v) is 6.61. The monoisotopic (exact) mass is 274 g/mol. The molecule has 20 heavy (non-hydrogen) atoms. The highest BCUT2D eigenvalue weighted by atomic mass is 19.1. The van der Waals surface area contributed by atoms with Crippen molar-refractivity contribution in [2.45, 2.75) is 26.9 Å². The van der Waals surface area contributed by atoms with E-state index >= 15 is 0 Å². The Kier molecular flexibility index (Phi) is 4.40. The molecule has 0 heterocycles. The van der Waals surface area contributed by atoms with Crippen LogP contribution >= 0.6 is 0 Å². The molecule has 0 saturated carbocycles. The predicted molar refractivity (Wildman–Crippen MR) is 77.5 cm³/mol. The highest BCUT2D eigenvalue weighted by molar-refractivity contribution is 5.39. The van der Waals surface area contributed by atoms with Gasteiger partial charge in [-0.3, -0.25) is 0 Å². The molecular weight excluding hydrogens is 255 g/mol. The van der Waals surface area contributed by atoms with Crippen molar-refractivity contribution < 1.29 is 14.2 Å². The molecule has 0 amide bonds. The summed E-state index contributed by atoms with van der Waals surface area (Å²) in [6.07, 6.45) is -0.694. The highest BCUT2D eigenvalue weighted by Crippen LogP contribution is 2.24. The fraction of sp³-hybridized carbons (Fsp3) is 0.294. The van der Waals surface area contributed by atoms with Crippen LogP contribution in [-0.4, -0.2) is 11.7 Å². The van der Waals surface area contributed by atoms with E-state index in [9.17, 15) is 9.50 Å². The van der Waals surface area contributed by atoms with E-state index < -0.39 is 6.10 Å². The van der Waals surface area contributed by atoms with Gasteiger partial charge in [0.15, 0.2) is 0 Å². The van der Waals surface area contributed by atoms with Gasteiger partial charge < -0.3 is 9.84 Å². The van der Waals surface area contributed by atoms with Gasteiger partial charge in [0, 0.05) is 0 Å². The zero-order valence-corrected chi connectivity index (χ0v) is 12.0. The second-order valence-corrected chi connectivity index (χ2v) is 5.09. The number of halogens is 1. The zero-order chi connectivity index (χ0) is 14.7. The Labute approximate surface area is 118 Å². The maximum absolute atomic E-state index is 12.8. The van der Waals surface area contributed by atoms with Crippen molar-refractivity contribution in [3.63, 3.8) is 0 Å². The fourth-order valence-corrected chi connectivity index (χ4v) is 2.51. The largest absolute Gasteiger partial charge is 0.491 e. The molecule has 2 aromatic carbocycles. The van der Waals surface area contributed by atoms with Crippen LogP contribution in [0.15, 0.2) is 36.4 Å². The molecule has 0 bridgehead atoms. The van der Waals surface area contributed by atoms with Gasteiger partial charge >= 0.3 is 0 Å². The number of ether oxygens (including phenoxy) is 1. The second kappa shape index (κ2) is 6.06. The van der Waals surface area contributed by atoms with Crippen LogP contribution < -0.4 is 4.74 Å². The average molecular weight is 274 g/mol. The number of benzene rings is 2. The number of hydrogen-bond donors (Lipinski definition) is 1. The number of rotatable bonds is 4. The van der Waals surface area contributed by atoms with E-state index in [-0.39, 0.29) is 12.4 Å². The maximum Gasteiger partial charge on any atom is 0.123 e. The van der Waals surface area contributed by atoms with Gasteiger partial charge in [0.05, 0.1) is 0 Å². The van der Waals surface area contributed by atoms with Crippen LogP contribution in [0.3, 0.4) is 0 Å². The summed E-state index contributed by atoms with van der Waals surface area (Å²) in [5.74, 6) is 0.246. The lowest BCUT2D eigenvalue weighted by atomic mass is 9.96. The molecule has 2 aromatic rings. The highest BCUT2D eigenvalue weighted by Gasteiger charge is 2.14. The third kappa shape index (κ3) is 3.36. The SMILES string of the molecule is Cc1cc(C)c(C(O)COc2ccc(F)cc2)c(C)c1. The van der Waals surface area contributed by atoms with E-state index in [4.69, 9.17) is 4.74 Å². The van der Waals surface area contributed by atoms with Crippen LogP contribution in [0.2, 0.25) is 0 Å². The van der Waals surface area contributed by atoms with Crippen LogP contribution in [0.5, 0.6) is 5.75 Å². The predicted octanol–water partition coefficient (Wildman–Crippen LogP) is 3.86. The molecule has 1 N–H and O–H groups in total. The van der Waals surface area contributed by atoms with E-state index in [1.54, 1.807) is 12.1 Å². The fourth-order valence-electron chi connectivity index (χ4n) is 2.51. The first kappa shape index (κ1) is 14.5.